The topological polar surface area (TPSA) is 65.4 Å². The Morgan fingerprint density at radius 3 is 3.00 bits per heavy atom. The van der Waals surface area contributed by atoms with Crippen LogP contribution in [0.4, 0.5) is 5.69 Å². The Balaban J connectivity index is 1.51. The van der Waals surface area contributed by atoms with E-state index in [9.17, 15) is 4.79 Å². The summed E-state index contributed by atoms with van der Waals surface area (Å²) in [5.41, 5.74) is 0.666. The maximum atomic E-state index is 12.2. The van der Waals surface area contributed by atoms with Crippen LogP contribution in [0.15, 0.2) is 42.7 Å². The lowest BCUT2D eigenvalue weighted by atomic mass is 10.1. The first-order valence-electron chi connectivity index (χ1n) is 8.37. The van der Waals surface area contributed by atoms with Gasteiger partial charge in [-0.2, -0.15) is 5.10 Å². The summed E-state index contributed by atoms with van der Waals surface area (Å²) >= 11 is 0. The Morgan fingerprint density at radius 1 is 1.42 bits per heavy atom. The molecule has 0 saturated carbocycles. The van der Waals surface area contributed by atoms with Crippen LogP contribution in [0.5, 0.6) is 5.75 Å². The number of nitrogens with zero attached hydrogens (tertiary/aromatic N) is 2. The molecule has 1 N–H and O–H groups in total. The van der Waals surface area contributed by atoms with Crippen molar-refractivity contribution in [1.29, 1.82) is 0 Å². The van der Waals surface area contributed by atoms with Gasteiger partial charge < -0.3 is 14.8 Å². The summed E-state index contributed by atoms with van der Waals surface area (Å²) in [6.07, 6.45) is 6.49. The van der Waals surface area contributed by atoms with Crippen molar-refractivity contribution in [3.8, 4) is 5.75 Å². The fraction of sp³-hybridized carbons (Fsp3) is 0.444. The SMILES string of the molecule is C[C@H](Oc1ccccc1)C(=O)Nc1cnn(C[C@@H]2CCCCO2)c1. The highest BCUT2D eigenvalue weighted by Gasteiger charge is 2.17. The second-order valence-corrected chi connectivity index (χ2v) is 6.00. The number of aromatic nitrogens is 2. The monoisotopic (exact) mass is 329 g/mol. The standard InChI is InChI=1S/C18H23N3O3/c1-14(24-16-7-3-2-4-8-16)18(22)20-15-11-19-21(12-15)13-17-9-5-6-10-23-17/h2-4,7-8,11-12,14,17H,5-6,9-10,13H2,1H3,(H,20,22)/t14-,17-/m0/s1. The van der Waals surface area contributed by atoms with Crippen molar-refractivity contribution in [1.82, 2.24) is 9.78 Å². The number of carbonyl (C=O) groups is 1. The molecule has 6 nitrogen and oxygen atoms in total. The van der Waals surface area contributed by atoms with Crippen LogP contribution in [0.3, 0.4) is 0 Å². The average Bonchev–Trinajstić information content (AvgIpc) is 3.03. The molecule has 1 aromatic carbocycles. The number of rotatable bonds is 6. The normalized spacial score (nSPS) is 18.8. The van der Waals surface area contributed by atoms with Gasteiger partial charge >= 0.3 is 0 Å². The number of ether oxygens (including phenoxy) is 2. The van der Waals surface area contributed by atoms with Crippen molar-refractivity contribution in [2.45, 2.75) is 44.9 Å². The third kappa shape index (κ3) is 4.58. The van der Waals surface area contributed by atoms with Crippen LogP contribution in [0.25, 0.3) is 0 Å². The van der Waals surface area contributed by atoms with Crippen molar-refractivity contribution in [2.24, 2.45) is 0 Å². The van der Waals surface area contributed by atoms with E-state index in [1.165, 1.54) is 6.42 Å². The highest BCUT2D eigenvalue weighted by atomic mass is 16.5. The number of amides is 1. The first-order valence-corrected chi connectivity index (χ1v) is 8.37. The van der Waals surface area contributed by atoms with E-state index in [0.717, 1.165) is 19.4 Å². The molecule has 0 spiro atoms. The molecule has 1 fully saturated rings. The average molecular weight is 329 g/mol. The van der Waals surface area contributed by atoms with Crippen molar-refractivity contribution < 1.29 is 14.3 Å². The summed E-state index contributed by atoms with van der Waals surface area (Å²) in [6, 6.07) is 9.30. The highest BCUT2D eigenvalue weighted by Crippen LogP contribution is 2.16. The Labute approximate surface area is 141 Å². The van der Waals surface area contributed by atoms with Crippen LogP contribution in [0.2, 0.25) is 0 Å². The van der Waals surface area contributed by atoms with E-state index in [1.807, 2.05) is 41.2 Å². The fourth-order valence-corrected chi connectivity index (χ4v) is 2.69. The number of nitrogens with one attached hydrogen (secondary N) is 1. The molecule has 0 unspecified atom stereocenters. The molecule has 1 aliphatic rings. The predicted molar refractivity (Wildman–Crippen MR) is 91.0 cm³/mol. The summed E-state index contributed by atoms with van der Waals surface area (Å²) < 4.78 is 13.1. The van der Waals surface area contributed by atoms with E-state index in [-0.39, 0.29) is 12.0 Å². The summed E-state index contributed by atoms with van der Waals surface area (Å²) in [5, 5.41) is 7.12. The molecule has 1 amide bonds. The van der Waals surface area contributed by atoms with Gasteiger partial charge in [-0.05, 0) is 38.3 Å². The first kappa shape index (κ1) is 16.5. The molecule has 2 atom stereocenters. The number of anilines is 1. The van der Waals surface area contributed by atoms with Gasteiger partial charge in [0.05, 0.1) is 24.5 Å². The van der Waals surface area contributed by atoms with Gasteiger partial charge in [0.2, 0.25) is 0 Å². The van der Waals surface area contributed by atoms with Crippen LogP contribution >= 0.6 is 0 Å². The van der Waals surface area contributed by atoms with Gasteiger partial charge in [0.15, 0.2) is 6.10 Å². The number of para-hydroxylation sites is 1. The zero-order valence-electron chi connectivity index (χ0n) is 13.9. The van der Waals surface area contributed by atoms with Gasteiger partial charge in [0.25, 0.3) is 5.91 Å². The third-order valence-corrected chi connectivity index (χ3v) is 3.99. The summed E-state index contributed by atoms with van der Waals surface area (Å²) in [5.74, 6) is 0.470. The molecule has 24 heavy (non-hydrogen) atoms. The van der Waals surface area contributed by atoms with Crippen LogP contribution < -0.4 is 10.1 Å². The van der Waals surface area contributed by atoms with E-state index in [0.29, 0.717) is 18.0 Å². The zero-order chi connectivity index (χ0) is 16.8. The summed E-state index contributed by atoms with van der Waals surface area (Å²) in [6.45, 7) is 3.26. The molecule has 0 bridgehead atoms. The lowest BCUT2D eigenvalue weighted by Gasteiger charge is -2.22. The van der Waals surface area contributed by atoms with Crippen LogP contribution in [-0.4, -0.2) is 34.5 Å². The Morgan fingerprint density at radius 2 is 2.25 bits per heavy atom. The first-order chi connectivity index (χ1) is 11.7. The number of benzene rings is 1. The van der Waals surface area contributed by atoms with Crippen LogP contribution in [0.1, 0.15) is 26.2 Å². The fourth-order valence-electron chi connectivity index (χ4n) is 2.69. The Kier molecular flexibility index (Phi) is 5.48. The zero-order valence-corrected chi connectivity index (χ0v) is 13.9. The maximum absolute atomic E-state index is 12.2. The van der Waals surface area contributed by atoms with Crippen LogP contribution in [-0.2, 0) is 16.1 Å². The van der Waals surface area contributed by atoms with Gasteiger partial charge in [0.1, 0.15) is 5.75 Å². The second-order valence-electron chi connectivity index (χ2n) is 6.00. The van der Waals surface area contributed by atoms with E-state index >= 15 is 0 Å². The molecule has 2 aromatic rings. The predicted octanol–water partition coefficient (Wildman–Crippen LogP) is 2.86. The summed E-state index contributed by atoms with van der Waals surface area (Å²) in [7, 11) is 0. The van der Waals surface area contributed by atoms with Crippen molar-refractivity contribution in [3.05, 3.63) is 42.7 Å². The van der Waals surface area contributed by atoms with E-state index in [1.54, 1.807) is 13.1 Å². The van der Waals surface area contributed by atoms with Gasteiger partial charge in [-0.15, -0.1) is 0 Å². The molecule has 1 saturated heterocycles. The quantitative estimate of drug-likeness (QED) is 0.885. The van der Waals surface area contributed by atoms with Gasteiger partial charge in [-0.25, -0.2) is 0 Å². The molecular formula is C18H23N3O3. The number of hydrogen-bond acceptors (Lipinski definition) is 4. The molecule has 0 aliphatic carbocycles. The Hall–Kier alpha value is -2.34. The smallest absolute Gasteiger partial charge is 0.265 e. The lowest BCUT2D eigenvalue weighted by molar-refractivity contribution is -0.122. The number of carbonyl (C=O) groups excluding carboxylic acids is 1. The lowest BCUT2D eigenvalue weighted by Crippen LogP contribution is -2.30. The van der Waals surface area contributed by atoms with E-state index in [4.69, 9.17) is 9.47 Å². The van der Waals surface area contributed by atoms with E-state index < -0.39 is 6.10 Å². The third-order valence-electron chi connectivity index (χ3n) is 3.99. The molecule has 128 valence electrons. The maximum Gasteiger partial charge on any atom is 0.265 e. The van der Waals surface area contributed by atoms with Crippen LogP contribution in [0, 0.1) is 0 Å². The molecule has 1 aliphatic heterocycles. The highest BCUT2D eigenvalue weighted by molar-refractivity contribution is 5.93. The minimum Gasteiger partial charge on any atom is -0.481 e. The van der Waals surface area contributed by atoms with Crippen molar-refractivity contribution in [2.75, 3.05) is 11.9 Å². The molecule has 6 heteroatoms. The summed E-state index contributed by atoms with van der Waals surface area (Å²) in [4.78, 5) is 12.2. The van der Waals surface area contributed by atoms with Crippen molar-refractivity contribution >= 4 is 11.6 Å². The molecular weight excluding hydrogens is 306 g/mol. The van der Waals surface area contributed by atoms with Gasteiger partial charge in [-0.3, -0.25) is 9.48 Å². The van der Waals surface area contributed by atoms with Gasteiger partial charge in [-0.1, -0.05) is 18.2 Å². The number of hydrogen-bond donors (Lipinski definition) is 1. The van der Waals surface area contributed by atoms with E-state index in [2.05, 4.69) is 10.4 Å². The molecule has 2 heterocycles. The largest absolute Gasteiger partial charge is 0.481 e. The van der Waals surface area contributed by atoms with Crippen molar-refractivity contribution in [3.63, 3.8) is 0 Å². The molecule has 3 rings (SSSR count). The second kappa shape index (κ2) is 7.97. The minimum absolute atomic E-state index is 0.202. The minimum atomic E-state index is -0.586. The molecule has 0 radical (unpaired) electrons. The Bertz CT molecular complexity index is 651. The molecule has 1 aromatic heterocycles. The van der Waals surface area contributed by atoms with Gasteiger partial charge in [0, 0.05) is 12.8 Å².